The van der Waals surface area contributed by atoms with Gasteiger partial charge in [-0.15, -0.1) is 0 Å². The number of carbonyl (C=O) groups is 1. The van der Waals surface area contributed by atoms with Gasteiger partial charge in [-0.2, -0.15) is 5.10 Å². The van der Waals surface area contributed by atoms with Crippen molar-refractivity contribution < 1.29 is 19.0 Å². The molecule has 2 rings (SSSR count). The van der Waals surface area contributed by atoms with E-state index in [4.69, 9.17) is 14.2 Å². The Morgan fingerprint density at radius 1 is 1.15 bits per heavy atom. The van der Waals surface area contributed by atoms with Crippen molar-refractivity contribution in [2.24, 2.45) is 5.10 Å². The van der Waals surface area contributed by atoms with Crippen LogP contribution in [-0.4, -0.2) is 32.4 Å². The minimum absolute atomic E-state index is 0.294. The Morgan fingerprint density at radius 3 is 2.46 bits per heavy atom. The molecule has 0 aliphatic carbocycles. The van der Waals surface area contributed by atoms with Gasteiger partial charge in [0.15, 0.2) is 11.5 Å². The third kappa shape index (κ3) is 5.35. The molecule has 1 amide bonds. The highest BCUT2D eigenvalue weighted by molar-refractivity contribution is 14.1. The number of rotatable bonds is 8. The molecule has 0 radical (unpaired) electrons. The maximum Gasteiger partial charge on any atom is 0.271 e. The highest BCUT2D eigenvalue weighted by Gasteiger charge is 2.10. The van der Waals surface area contributed by atoms with Crippen LogP contribution in [0.5, 0.6) is 17.2 Å². The summed E-state index contributed by atoms with van der Waals surface area (Å²) in [5, 5.41) is 4.02. The lowest BCUT2D eigenvalue weighted by molar-refractivity contribution is 0.0955. The molecule has 0 aliphatic heterocycles. The number of benzene rings is 2. The van der Waals surface area contributed by atoms with Crippen LogP contribution >= 0.6 is 22.6 Å². The topological polar surface area (TPSA) is 69.2 Å². The molecule has 7 heteroatoms. The third-order valence-electron chi connectivity index (χ3n) is 3.34. The van der Waals surface area contributed by atoms with E-state index in [-0.39, 0.29) is 5.91 Å². The van der Waals surface area contributed by atoms with Gasteiger partial charge < -0.3 is 14.2 Å². The van der Waals surface area contributed by atoms with Crippen molar-refractivity contribution in [3.05, 3.63) is 51.1 Å². The molecule has 0 spiro atoms. The summed E-state index contributed by atoms with van der Waals surface area (Å²) in [6, 6.07) is 10.6. The molecule has 0 heterocycles. The minimum atomic E-state index is -0.294. The molecule has 6 nitrogen and oxygen atoms in total. The summed E-state index contributed by atoms with van der Waals surface area (Å²) < 4.78 is 17.2. The number of hydrogen-bond donors (Lipinski definition) is 1. The Balaban J connectivity index is 2.06. The van der Waals surface area contributed by atoms with Crippen molar-refractivity contribution in [1.29, 1.82) is 0 Å². The third-order valence-corrected chi connectivity index (χ3v) is 4.14. The van der Waals surface area contributed by atoms with Crippen molar-refractivity contribution >= 4 is 34.7 Å². The van der Waals surface area contributed by atoms with Gasteiger partial charge in [0.2, 0.25) is 0 Å². The number of hydrazone groups is 1. The van der Waals surface area contributed by atoms with E-state index in [9.17, 15) is 4.79 Å². The van der Waals surface area contributed by atoms with Crippen molar-refractivity contribution in [2.45, 2.75) is 13.8 Å². The Morgan fingerprint density at radius 2 is 1.85 bits per heavy atom. The second-order valence-corrected chi connectivity index (χ2v) is 6.29. The van der Waals surface area contributed by atoms with Gasteiger partial charge in [-0.1, -0.05) is 0 Å². The number of ether oxygens (including phenoxy) is 3. The van der Waals surface area contributed by atoms with Gasteiger partial charge in [0.05, 0.1) is 30.1 Å². The van der Waals surface area contributed by atoms with Crippen LogP contribution in [0.1, 0.15) is 29.8 Å². The minimum Gasteiger partial charge on any atom is -0.494 e. The zero-order valence-electron chi connectivity index (χ0n) is 14.9. The first-order valence-electron chi connectivity index (χ1n) is 8.15. The summed E-state index contributed by atoms with van der Waals surface area (Å²) in [5.74, 6) is 1.76. The van der Waals surface area contributed by atoms with Gasteiger partial charge in [0, 0.05) is 5.56 Å². The molecule has 1 N–H and O–H groups in total. The molecular formula is C19H21IN2O4. The fourth-order valence-corrected chi connectivity index (χ4v) is 3.07. The number of hydrogen-bond acceptors (Lipinski definition) is 5. The molecule has 26 heavy (non-hydrogen) atoms. The fraction of sp³-hybridized carbons (Fsp3) is 0.263. The van der Waals surface area contributed by atoms with Crippen molar-refractivity contribution in [3.63, 3.8) is 0 Å². The highest BCUT2D eigenvalue weighted by Crippen LogP contribution is 2.33. The monoisotopic (exact) mass is 468 g/mol. The van der Waals surface area contributed by atoms with Gasteiger partial charge in [0.1, 0.15) is 5.75 Å². The van der Waals surface area contributed by atoms with Gasteiger partial charge in [0.25, 0.3) is 5.91 Å². The van der Waals surface area contributed by atoms with Crippen molar-refractivity contribution in [1.82, 2.24) is 5.43 Å². The molecule has 0 fully saturated rings. The maximum absolute atomic E-state index is 12.1. The molecule has 2 aromatic carbocycles. The number of nitrogens with zero attached hydrogens (tertiary/aromatic N) is 1. The normalized spacial score (nSPS) is 10.6. The fourth-order valence-electron chi connectivity index (χ4n) is 2.22. The number of carbonyl (C=O) groups excluding carboxylic acids is 1. The lowest BCUT2D eigenvalue weighted by Gasteiger charge is -2.11. The molecular weight excluding hydrogens is 447 g/mol. The molecule has 0 saturated carbocycles. The quantitative estimate of drug-likeness (QED) is 0.363. The summed E-state index contributed by atoms with van der Waals surface area (Å²) in [4.78, 5) is 12.1. The largest absolute Gasteiger partial charge is 0.494 e. The SMILES string of the molecule is CCOc1ccc(C(=O)N/N=C\c2cc(I)c(OC)c(OCC)c2)cc1. The summed E-state index contributed by atoms with van der Waals surface area (Å²) in [5.41, 5.74) is 3.82. The summed E-state index contributed by atoms with van der Waals surface area (Å²) >= 11 is 2.17. The van der Waals surface area contributed by atoms with Crippen LogP contribution in [0, 0.1) is 3.57 Å². The zero-order chi connectivity index (χ0) is 18.9. The zero-order valence-corrected chi connectivity index (χ0v) is 17.1. The summed E-state index contributed by atoms with van der Waals surface area (Å²) in [7, 11) is 1.60. The molecule has 0 saturated heterocycles. The molecule has 138 valence electrons. The predicted molar refractivity (Wildman–Crippen MR) is 110 cm³/mol. The Bertz CT molecular complexity index is 776. The van der Waals surface area contributed by atoms with Crippen LogP contribution in [0.4, 0.5) is 0 Å². The van der Waals surface area contributed by atoms with E-state index in [0.29, 0.717) is 30.3 Å². The van der Waals surface area contributed by atoms with Crippen LogP contribution < -0.4 is 19.6 Å². The van der Waals surface area contributed by atoms with Crippen LogP contribution in [0.2, 0.25) is 0 Å². The maximum atomic E-state index is 12.1. The van der Waals surface area contributed by atoms with E-state index in [1.807, 2.05) is 26.0 Å². The van der Waals surface area contributed by atoms with Crippen molar-refractivity contribution in [2.75, 3.05) is 20.3 Å². The first kappa shape index (κ1) is 20.0. The average molecular weight is 468 g/mol. The van der Waals surface area contributed by atoms with E-state index >= 15 is 0 Å². The first-order valence-corrected chi connectivity index (χ1v) is 9.23. The van der Waals surface area contributed by atoms with Gasteiger partial charge in [-0.05, 0) is 78.4 Å². The second kappa shape index (κ2) is 10.0. The lowest BCUT2D eigenvalue weighted by atomic mass is 10.2. The lowest BCUT2D eigenvalue weighted by Crippen LogP contribution is -2.17. The van der Waals surface area contributed by atoms with Gasteiger partial charge in [-0.3, -0.25) is 4.79 Å². The smallest absolute Gasteiger partial charge is 0.271 e. The number of amides is 1. The van der Waals surface area contributed by atoms with Crippen LogP contribution in [0.15, 0.2) is 41.5 Å². The van der Waals surface area contributed by atoms with Crippen LogP contribution in [0.25, 0.3) is 0 Å². The number of nitrogens with one attached hydrogen (secondary N) is 1. The average Bonchev–Trinajstić information content (AvgIpc) is 2.63. The van der Waals surface area contributed by atoms with E-state index in [1.165, 1.54) is 0 Å². The molecule has 0 bridgehead atoms. The number of halogens is 1. The standard InChI is InChI=1S/C19H21IN2O4/c1-4-25-15-8-6-14(7-9-15)19(23)22-21-12-13-10-16(20)18(24-3)17(11-13)26-5-2/h6-12H,4-5H2,1-3H3,(H,22,23)/b21-12-. The first-order chi connectivity index (χ1) is 12.6. The molecule has 0 unspecified atom stereocenters. The Kier molecular flexibility index (Phi) is 7.71. The van der Waals surface area contributed by atoms with E-state index in [0.717, 1.165) is 14.9 Å². The van der Waals surface area contributed by atoms with Crippen molar-refractivity contribution in [3.8, 4) is 17.2 Å². The molecule has 0 aromatic heterocycles. The Labute approximate surface area is 166 Å². The molecule has 0 aliphatic rings. The van der Waals surface area contributed by atoms with Gasteiger partial charge in [-0.25, -0.2) is 5.43 Å². The van der Waals surface area contributed by atoms with Crippen LogP contribution in [0.3, 0.4) is 0 Å². The Hall–Kier alpha value is -2.29. The van der Waals surface area contributed by atoms with E-state index in [2.05, 4.69) is 33.1 Å². The molecule has 0 atom stereocenters. The highest BCUT2D eigenvalue weighted by atomic mass is 127. The van der Waals surface area contributed by atoms with E-state index in [1.54, 1.807) is 37.6 Å². The number of methoxy groups -OCH3 is 1. The van der Waals surface area contributed by atoms with Crippen LogP contribution in [-0.2, 0) is 0 Å². The summed E-state index contributed by atoms with van der Waals surface area (Å²) in [6.07, 6.45) is 1.57. The molecule has 2 aromatic rings. The second-order valence-electron chi connectivity index (χ2n) is 5.12. The predicted octanol–water partition coefficient (Wildman–Crippen LogP) is 3.86. The van der Waals surface area contributed by atoms with Gasteiger partial charge >= 0.3 is 0 Å². The summed E-state index contributed by atoms with van der Waals surface area (Å²) in [6.45, 7) is 4.93. The van der Waals surface area contributed by atoms with E-state index < -0.39 is 0 Å².